The highest BCUT2D eigenvalue weighted by Gasteiger charge is 2.30. The summed E-state index contributed by atoms with van der Waals surface area (Å²) >= 11 is 6.02. The standard InChI is InChI=1S/C23H28ClN3O3.ClH/c1-14-8-19(24)11-18(21(14)28)13-26-22(29)15(2)27-23(30)20-10-17(12-25-20)9-16-6-4-3-5-7-16;/h3-8,11,15,17,20,25,28H,9-10,12-13H2,1-2H3,(H,26,29)(H,27,30);1H/t15-,17-,20+;/m0./s1. The van der Waals surface area contributed by atoms with Crippen LogP contribution >= 0.6 is 24.0 Å². The fourth-order valence-electron chi connectivity index (χ4n) is 3.77. The average molecular weight is 466 g/mol. The summed E-state index contributed by atoms with van der Waals surface area (Å²) in [5.74, 6) is 0.00574. The van der Waals surface area contributed by atoms with Gasteiger partial charge >= 0.3 is 0 Å². The molecule has 31 heavy (non-hydrogen) atoms. The third-order valence-electron chi connectivity index (χ3n) is 5.45. The molecule has 0 spiro atoms. The zero-order chi connectivity index (χ0) is 21.7. The van der Waals surface area contributed by atoms with Crippen molar-refractivity contribution in [3.05, 3.63) is 64.2 Å². The van der Waals surface area contributed by atoms with Gasteiger partial charge in [-0.05, 0) is 62.4 Å². The van der Waals surface area contributed by atoms with Crippen LogP contribution in [0.2, 0.25) is 5.02 Å². The monoisotopic (exact) mass is 465 g/mol. The quantitative estimate of drug-likeness (QED) is 0.505. The van der Waals surface area contributed by atoms with Crippen LogP contribution in [0.5, 0.6) is 5.75 Å². The summed E-state index contributed by atoms with van der Waals surface area (Å²) in [6.07, 6.45) is 1.67. The molecule has 8 heteroatoms. The van der Waals surface area contributed by atoms with Gasteiger partial charge in [0.2, 0.25) is 11.8 Å². The molecule has 4 N–H and O–H groups in total. The highest BCUT2D eigenvalue weighted by molar-refractivity contribution is 6.30. The van der Waals surface area contributed by atoms with Gasteiger partial charge in [0.15, 0.2) is 0 Å². The fraction of sp³-hybridized carbons (Fsp3) is 0.391. The van der Waals surface area contributed by atoms with E-state index in [0.717, 1.165) is 19.4 Å². The predicted molar refractivity (Wildman–Crippen MR) is 125 cm³/mol. The van der Waals surface area contributed by atoms with Crippen LogP contribution in [0.3, 0.4) is 0 Å². The van der Waals surface area contributed by atoms with Crippen LogP contribution in [-0.2, 0) is 22.6 Å². The van der Waals surface area contributed by atoms with Crippen molar-refractivity contribution >= 4 is 35.8 Å². The molecule has 1 heterocycles. The number of hydrogen-bond acceptors (Lipinski definition) is 4. The lowest BCUT2D eigenvalue weighted by atomic mass is 9.96. The zero-order valence-electron chi connectivity index (χ0n) is 17.7. The topological polar surface area (TPSA) is 90.5 Å². The van der Waals surface area contributed by atoms with E-state index >= 15 is 0 Å². The minimum Gasteiger partial charge on any atom is -0.507 e. The number of phenolic OH excluding ortho intramolecular Hbond substituents is 1. The Morgan fingerprint density at radius 2 is 1.97 bits per heavy atom. The minimum atomic E-state index is -0.685. The molecule has 1 aliphatic heterocycles. The Kier molecular flexibility index (Phi) is 9.16. The largest absolute Gasteiger partial charge is 0.507 e. The molecule has 0 saturated carbocycles. The second kappa shape index (κ2) is 11.4. The lowest BCUT2D eigenvalue weighted by molar-refractivity contribution is -0.129. The zero-order valence-corrected chi connectivity index (χ0v) is 19.2. The first kappa shape index (κ1) is 25.0. The molecule has 0 aromatic heterocycles. The molecule has 0 radical (unpaired) electrons. The summed E-state index contributed by atoms with van der Waals surface area (Å²) < 4.78 is 0. The molecular weight excluding hydrogens is 437 g/mol. The first-order chi connectivity index (χ1) is 14.3. The van der Waals surface area contributed by atoms with Crippen molar-refractivity contribution in [1.29, 1.82) is 0 Å². The molecule has 168 valence electrons. The van der Waals surface area contributed by atoms with E-state index in [0.29, 0.717) is 22.1 Å². The first-order valence-electron chi connectivity index (χ1n) is 10.2. The number of halogens is 2. The molecule has 0 bridgehead atoms. The second-order valence-electron chi connectivity index (χ2n) is 7.93. The molecule has 2 aromatic carbocycles. The Balaban J connectivity index is 0.00000341. The van der Waals surface area contributed by atoms with Crippen molar-refractivity contribution < 1.29 is 14.7 Å². The average Bonchev–Trinajstić information content (AvgIpc) is 3.18. The molecule has 1 fully saturated rings. The van der Waals surface area contributed by atoms with Crippen LogP contribution in [0.4, 0.5) is 0 Å². The number of nitrogens with one attached hydrogen (secondary N) is 3. The maximum Gasteiger partial charge on any atom is 0.242 e. The Morgan fingerprint density at radius 1 is 1.26 bits per heavy atom. The maximum absolute atomic E-state index is 12.6. The second-order valence-corrected chi connectivity index (χ2v) is 8.37. The van der Waals surface area contributed by atoms with Gasteiger partial charge in [-0.1, -0.05) is 41.9 Å². The number of aromatic hydroxyl groups is 1. The molecule has 3 rings (SSSR count). The van der Waals surface area contributed by atoms with Crippen LogP contribution < -0.4 is 16.0 Å². The summed E-state index contributed by atoms with van der Waals surface area (Å²) in [5.41, 5.74) is 2.44. The number of carbonyl (C=O) groups is 2. The van der Waals surface area contributed by atoms with Crippen molar-refractivity contribution in [3.8, 4) is 5.75 Å². The summed E-state index contributed by atoms with van der Waals surface area (Å²) in [6, 6.07) is 12.5. The van der Waals surface area contributed by atoms with Crippen LogP contribution in [-0.4, -0.2) is 35.5 Å². The maximum atomic E-state index is 12.6. The van der Waals surface area contributed by atoms with Crippen LogP contribution in [0, 0.1) is 12.8 Å². The Hall–Kier alpha value is -2.28. The van der Waals surface area contributed by atoms with Gasteiger partial charge in [-0.15, -0.1) is 12.4 Å². The van der Waals surface area contributed by atoms with Gasteiger partial charge in [0, 0.05) is 17.1 Å². The van der Waals surface area contributed by atoms with E-state index < -0.39 is 6.04 Å². The van der Waals surface area contributed by atoms with Gasteiger partial charge in [0.25, 0.3) is 0 Å². The number of rotatable bonds is 7. The molecule has 1 aliphatic rings. The summed E-state index contributed by atoms with van der Waals surface area (Å²) in [7, 11) is 0. The first-order valence-corrected chi connectivity index (χ1v) is 10.5. The fourth-order valence-corrected chi connectivity index (χ4v) is 4.06. The van der Waals surface area contributed by atoms with E-state index in [1.54, 1.807) is 26.0 Å². The van der Waals surface area contributed by atoms with Gasteiger partial charge in [0.05, 0.1) is 6.04 Å². The van der Waals surface area contributed by atoms with Gasteiger partial charge in [-0.3, -0.25) is 9.59 Å². The number of amides is 2. The van der Waals surface area contributed by atoms with Crippen LogP contribution in [0.1, 0.15) is 30.0 Å². The minimum absolute atomic E-state index is 0. The van der Waals surface area contributed by atoms with E-state index in [-0.39, 0.29) is 42.6 Å². The van der Waals surface area contributed by atoms with E-state index in [1.165, 1.54) is 5.56 Å². The molecule has 2 aromatic rings. The Bertz CT molecular complexity index is 908. The number of benzene rings is 2. The summed E-state index contributed by atoms with van der Waals surface area (Å²) in [5, 5.41) is 19.4. The predicted octanol–water partition coefficient (Wildman–Crippen LogP) is 3.12. The molecule has 6 nitrogen and oxygen atoms in total. The molecular formula is C23H29Cl2N3O3. The van der Waals surface area contributed by atoms with Gasteiger partial charge in [-0.25, -0.2) is 0 Å². The molecule has 2 amide bonds. The smallest absolute Gasteiger partial charge is 0.242 e. The lowest BCUT2D eigenvalue weighted by Gasteiger charge is -2.18. The third-order valence-corrected chi connectivity index (χ3v) is 5.67. The van der Waals surface area contributed by atoms with Crippen molar-refractivity contribution in [3.63, 3.8) is 0 Å². The van der Waals surface area contributed by atoms with Crippen molar-refractivity contribution in [2.24, 2.45) is 5.92 Å². The third kappa shape index (κ3) is 6.86. The lowest BCUT2D eigenvalue weighted by Crippen LogP contribution is -2.49. The summed E-state index contributed by atoms with van der Waals surface area (Å²) in [4.78, 5) is 25.0. The van der Waals surface area contributed by atoms with Gasteiger partial charge < -0.3 is 21.1 Å². The molecule has 0 unspecified atom stereocenters. The van der Waals surface area contributed by atoms with E-state index in [4.69, 9.17) is 11.6 Å². The van der Waals surface area contributed by atoms with Crippen LogP contribution in [0.25, 0.3) is 0 Å². The van der Waals surface area contributed by atoms with Crippen molar-refractivity contribution in [1.82, 2.24) is 16.0 Å². The highest BCUT2D eigenvalue weighted by Crippen LogP contribution is 2.26. The van der Waals surface area contributed by atoms with E-state index in [2.05, 4.69) is 28.1 Å². The SMILES string of the molecule is Cc1cc(Cl)cc(CNC(=O)[C@H](C)NC(=O)[C@H]2C[C@H](Cc3ccccc3)CN2)c1O.Cl. The number of aryl methyl sites for hydroxylation is 1. The van der Waals surface area contributed by atoms with Crippen LogP contribution in [0.15, 0.2) is 42.5 Å². The molecule has 1 saturated heterocycles. The van der Waals surface area contributed by atoms with E-state index in [9.17, 15) is 14.7 Å². The van der Waals surface area contributed by atoms with Crippen molar-refractivity contribution in [2.75, 3.05) is 6.54 Å². The van der Waals surface area contributed by atoms with Crippen molar-refractivity contribution in [2.45, 2.75) is 45.3 Å². The van der Waals surface area contributed by atoms with Gasteiger partial charge in [0.1, 0.15) is 11.8 Å². The van der Waals surface area contributed by atoms with E-state index in [1.807, 2.05) is 18.2 Å². The number of hydrogen-bond donors (Lipinski definition) is 4. The van der Waals surface area contributed by atoms with Gasteiger partial charge in [-0.2, -0.15) is 0 Å². The Morgan fingerprint density at radius 3 is 2.68 bits per heavy atom. The number of carbonyl (C=O) groups excluding carboxylic acids is 2. The molecule has 3 atom stereocenters. The molecule has 0 aliphatic carbocycles. The summed E-state index contributed by atoms with van der Waals surface area (Å²) in [6.45, 7) is 4.30. The Labute approximate surface area is 194 Å². The highest BCUT2D eigenvalue weighted by atomic mass is 35.5. The number of phenols is 1. The normalized spacial score (nSPS) is 18.7.